The summed E-state index contributed by atoms with van der Waals surface area (Å²) < 4.78 is 0.944. The van der Waals surface area contributed by atoms with Crippen LogP contribution in [0.2, 0.25) is 5.15 Å². The maximum atomic E-state index is 8.80. The fourth-order valence-corrected chi connectivity index (χ4v) is 1.93. The third-order valence-electron chi connectivity index (χ3n) is 1.99. The molecule has 0 spiro atoms. The van der Waals surface area contributed by atoms with E-state index in [0.29, 0.717) is 17.4 Å². The van der Waals surface area contributed by atoms with E-state index in [1.807, 2.05) is 18.2 Å². The van der Waals surface area contributed by atoms with Gasteiger partial charge in [0.05, 0.1) is 12.1 Å². The number of benzene rings is 1. The highest BCUT2D eigenvalue weighted by atomic mass is 79.9. The number of aromatic nitrogens is 2. The predicted octanol–water partition coefficient (Wildman–Crippen LogP) is 2.58. The summed E-state index contributed by atoms with van der Waals surface area (Å²) in [4.78, 5) is 8.40. The van der Waals surface area contributed by atoms with Gasteiger partial charge in [-0.1, -0.05) is 27.5 Å². The van der Waals surface area contributed by atoms with Crippen LogP contribution in [-0.2, 0) is 6.42 Å². The predicted molar refractivity (Wildman–Crippen MR) is 63.0 cm³/mol. The fourth-order valence-electron chi connectivity index (χ4n) is 1.32. The highest BCUT2D eigenvalue weighted by Gasteiger charge is 2.05. The van der Waals surface area contributed by atoms with Crippen LogP contribution in [0.5, 0.6) is 0 Å². The van der Waals surface area contributed by atoms with Gasteiger partial charge in [-0.05, 0) is 18.2 Å². The molecule has 0 aliphatic rings. The average molecular weight is 288 g/mol. The lowest BCUT2D eigenvalue weighted by atomic mass is 10.2. The first-order chi connectivity index (χ1) is 7.20. The maximum absolute atomic E-state index is 8.80. The molecule has 1 aromatic carbocycles. The van der Waals surface area contributed by atoms with Crippen molar-refractivity contribution in [2.45, 2.75) is 6.42 Å². The second kappa shape index (κ2) is 4.43. The van der Waals surface area contributed by atoms with Crippen molar-refractivity contribution in [1.82, 2.24) is 9.97 Å². The zero-order valence-corrected chi connectivity index (χ0v) is 10.1. The van der Waals surface area contributed by atoms with E-state index in [0.717, 1.165) is 15.4 Å². The normalized spacial score (nSPS) is 10.9. The van der Waals surface area contributed by atoms with Crippen molar-refractivity contribution in [2.24, 2.45) is 0 Å². The van der Waals surface area contributed by atoms with Crippen molar-refractivity contribution in [3.63, 3.8) is 0 Å². The molecule has 5 heteroatoms. The quantitative estimate of drug-likeness (QED) is 0.864. The van der Waals surface area contributed by atoms with Crippen molar-refractivity contribution in [3.05, 3.63) is 33.6 Å². The number of rotatable bonds is 2. The molecule has 0 unspecified atom stereocenters. The number of nitrogens with zero attached hydrogens (tertiary/aromatic N) is 2. The molecule has 15 heavy (non-hydrogen) atoms. The molecular formula is C10H8BrClN2O. The van der Waals surface area contributed by atoms with Gasteiger partial charge < -0.3 is 5.11 Å². The second-order valence-electron chi connectivity index (χ2n) is 3.07. The highest BCUT2D eigenvalue weighted by Crippen LogP contribution is 2.23. The number of hydrogen-bond acceptors (Lipinski definition) is 3. The third kappa shape index (κ3) is 2.27. The summed E-state index contributed by atoms with van der Waals surface area (Å²) in [5, 5.41) is 10.1. The number of hydrogen-bond donors (Lipinski definition) is 1. The Kier molecular flexibility index (Phi) is 3.19. The van der Waals surface area contributed by atoms with Crippen LogP contribution >= 0.6 is 27.5 Å². The molecule has 1 heterocycles. The van der Waals surface area contributed by atoms with Crippen LogP contribution in [0.25, 0.3) is 10.9 Å². The van der Waals surface area contributed by atoms with Gasteiger partial charge in [-0.3, -0.25) is 0 Å². The lowest BCUT2D eigenvalue weighted by Gasteiger charge is -2.03. The van der Waals surface area contributed by atoms with E-state index in [1.54, 1.807) is 0 Å². The van der Waals surface area contributed by atoms with Crippen molar-refractivity contribution in [2.75, 3.05) is 6.61 Å². The minimum Gasteiger partial charge on any atom is -0.396 e. The lowest BCUT2D eigenvalue weighted by molar-refractivity contribution is 0.297. The van der Waals surface area contributed by atoms with Crippen LogP contribution in [0, 0.1) is 0 Å². The van der Waals surface area contributed by atoms with E-state index in [9.17, 15) is 0 Å². The maximum Gasteiger partial charge on any atom is 0.140 e. The van der Waals surface area contributed by atoms with E-state index in [2.05, 4.69) is 25.9 Å². The van der Waals surface area contributed by atoms with Crippen molar-refractivity contribution < 1.29 is 5.11 Å². The average Bonchev–Trinajstić information content (AvgIpc) is 2.17. The number of fused-ring (bicyclic) bond motifs is 1. The summed E-state index contributed by atoms with van der Waals surface area (Å²) in [6, 6.07) is 5.64. The monoisotopic (exact) mass is 286 g/mol. The Morgan fingerprint density at radius 1 is 1.33 bits per heavy atom. The molecule has 0 atom stereocenters. The Hall–Kier alpha value is -0.710. The molecule has 0 aliphatic carbocycles. The van der Waals surface area contributed by atoms with E-state index < -0.39 is 0 Å². The molecule has 0 saturated heterocycles. The van der Waals surface area contributed by atoms with Crippen LogP contribution in [-0.4, -0.2) is 21.7 Å². The van der Waals surface area contributed by atoms with Gasteiger partial charge in [0, 0.05) is 16.3 Å². The Morgan fingerprint density at radius 3 is 2.87 bits per heavy atom. The molecule has 1 aromatic heterocycles. The molecule has 0 amide bonds. The Bertz CT molecular complexity index is 504. The number of aliphatic hydroxyl groups is 1. The minimum atomic E-state index is 0.0236. The minimum absolute atomic E-state index is 0.0236. The van der Waals surface area contributed by atoms with Gasteiger partial charge in [-0.2, -0.15) is 0 Å². The van der Waals surface area contributed by atoms with E-state index in [1.165, 1.54) is 0 Å². The van der Waals surface area contributed by atoms with E-state index in [-0.39, 0.29) is 6.61 Å². The first kappa shape index (κ1) is 10.8. The first-order valence-electron chi connectivity index (χ1n) is 4.43. The van der Waals surface area contributed by atoms with Crippen molar-refractivity contribution in [3.8, 4) is 0 Å². The standard InChI is InChI=1S/C10H8BrClN2O/c11-6-1-2-7-8(5-6)13-9(3-4-15)14-10(7)12/h1-2,5,15H,3-4H2. The molecule has 3 nitrogen and oxygen atoms in total. The Balaban J connectivity index is 2.63. The van der Waals surface area contributed by atoms with Crippen molar-refractivity contribution >= 4 is 38.4 Å². The summed E-state index contributed by atoms with van der Waals surface area (Å²) >= 11 is 9.37. The fraction of sp³-hybridized carbons (Fsp3) is 0.200. The molecule has 1 N–H and O–H groups in total. The molecule has 2 aromatic rings. The number of aliphatic hydroxyl groups excluding tert-OH is 1. The largest absolute Gasteiger partial charge is 0.396 e. The molecule has 0 fully saturated rings. The zero-order chi connectivity index (χ0) is 10.8. The molecular weight excluding hydrogens is 279 g/mol. The van der Waals surface area contributed by atoms with Crippen LogP contribution in [0.1, 0.15) is 5.82 Å². The lowest BCUT2D eigenvalue weighted by Crippen LogP contribution is -1.99. The molecule has 78 valence electrons. The SMILES string of the molecule is OCCc1nc(Cl)c2ccc(Br)cc2n1. The summed E-state index contributed by atoms with van der Waals surface area (Å²) in [6.07, 6.45) is 0.419. The van der Waals surface area contributed by atoms with Crippen LogP contribution in [0.15, 0.2) is 22.7 Å². The van der Waals surface area contributed by atoms with Gasteiger partial charge in [0.2, 0.25) is 0 Å². The second-order valence-corrected chi connectivity index (χ2v) is 4.34. The summed E-state index contributed by atoms with van der Waals surface area (Å²) in [6.45, 7) is 0.0236. The third-order valence-corrected chi connectivity index (χ3v) is 2.78. The molecule has 0 aliphatic heterocycles. The Morgan fingerprint density at radius 2 is 2.13 bits per heavy atom. The smallest absolute Gasteiger partial charge is 0.140 e. The van der Waals surface area contributed by atoms with Gasteiger partial charge in [0.25, 0.3) is 0 Å². The molecule has 0 radical (unpaired) electrons. The van der Waals surface area contributed by atoms with Gasteiger partial charge in [0.15, 0.2) is 0 Å². The van der Waals surface area contributed by atoms with Crippen LogP contribution in [0.4, 0.5) is 0 Å². The van der Waals surface area contributed by atoms with E-state index in [4.69, 9.17) is 16.7 Å². The molecule has 2 rings (SSSR count). The topological polar surface area (TPSA) is 46.0 Å². The molecule has 0 bridgehead atoms. The summed E-state index contributed by atoms with van der Waals surface area (Å²) in [5.74, 6) is 0.563. The van der Waals surface area contributed by atoms with Gasteiger partial charge in [0.1, 0.15) is 11.0 Å². The first-order valence-corrected chi connectivity index (χ1v) is 5.60. The van der Waals surface area contributed by atoms with Crippen molar-refractivity contribution in [1.29, 1.82) is 0 Å². The van der Waals surface area contributed by atoms with Gasteiger partial charge in [-0.15, -0.1) is 0 Å². The summed E-state index contributed by atoms with van der Waals surface area (Å²) in [5.41, 5.74) is 0.785. The highest BCUT2D eigenvalue weighted by molar-refractivity contribution is 9.10. The van der Waals surface area contributed by atoms with E-state index >= 15 is 0 Å². The summed E-state index contributed by atoms with van der Waals surface area (Å²) in [7, 11) is 0. The zero-order valence-electron chi connectivity index (χ0n) is 7.74. The van der Waals surface area contributed by atoms with Crippen LogP contribution < -0.4 is 0 Å². The van der Waals surface area contributed by atoms with Gasteiger partial charge in [-0.25, -0.2) is 9.97 Å². The number of halogens is 2. The van der Waals surface area contributed by atoms with Crippen LogP contribution in [0.3, 0.4) is 0 Å². The molecule has 0 saturated carbocycles. The Labute approximate surface area is 100 Å². The van der Waals surface area contributed by atoms with Gasteiger partial charge >= 0.3 is 0 Å².